The van der Waals surface area contributed by atoms with E-state index in [1.165, 1.54) is 18.2 Å². The van der Waals surface area contributed by atoms with Crippen LogP contribution in [0.25, 0.3) is 0 Å². The number of carbonyl (C=O) groups is 1. The normalized spacial score (nSPS) is 21.7. The maximum Gasteiger partial charge on any atom is 0.586 e. The first kappa shape index (κ1) is 15.8. The van der Waals surface area contributed by atoms with Gasteiger partial charge in [-0.25, -0.2) is 0 Å². The second kappa shape index (κ2) is 6.03. The fourth-order valence-corrected chi connectivity index (χ4v) is 2.39. The smallest absolute Gasteiger partial charge is 0.395 e. The number of anilines is 1. The van der Waals surface area contributed by atoms with Crippen molar-refractivity contribution in [2.75, 3.05) is 11.9 Å². The highest BCUT2D eigenvalue weighted by atomic mass is 35.5. The van der Waals surface area contributed by atoms with E-state index in [9.17, 15) is 13.6 Å². The van der Waals surface area contributed by atoms with Gasteiger partial charge in [0, 0.05) is 24.2 Å². The molecular formula is C13H15ClF2N2O3. The Morgan fingerprint density at radius 3 is 2.86 bits per heavy atom. The van der Waals surface area contributed by atoms with Gasteiger partial charge in [-0.05, 0) is 31.5 Å². The number of benzene rings is 1. The lowest BCUT2D eigenvalue weighted by molar-refractivity contribution is -0.286. The monoisotopic (exact) mass is 320 g/mol. The third kappa shape index (κ3) is 3.74. The van der Waals surface area contributed by atoms with Gasteiger partial charge in [0.05, 0.1) is 0 Å². The standard InChI is InChI=1S/C13H14F2N2O3.ClH/c14-13(15)19-10-4-3-9(6-11(10)20-13)17-12(18)7-8-2-1-5-16-8;/h3-4,6,8,16H,1-2,5,7H2,(H,17,18);1H. The van der Waals surface area contributed by atoms with E-state index in [4.69, 9.17) is 0 Å². The van der Waals surface area contributed by atoms with Crippen LogP contribution in [0.5, 0.6) is 11.5 Å². The van der Waals surface area contributed by atoms with E-state index in [1.54, 1.807) is 0 Å². The Labute approximate surface area is 126 Å². The number of fused-ring (bicyclic) bond motifs is 1. The molecule has 1 aromatic carbocycles. The minimum atomic E-state index is -3.64. The second-order valence-electron chi connectivity index (χ2n) is 4.87. The van der Waals surface area contributed by atoms with E-state index in [2.05, 4.69) is 20.1 Å². The van der Waals surface area contributed by atoms with E-state index < -0.39 is 6.29 Å². The van der Waals surface area contributed by atoms with Gasteiger partial charge in [0.15, 0.2) is 11.5 Å². The molecular weight excluding hydrogens is 306 g/mol. The average Bonchev–Trinajstić information content (AvgIpc) is 2.94. The van der Waals surface area contributed by atoms with Crippen LogP contribution in [0.2, 0.25) is 0 Å². The summed E-state index contributed by atoms with van der Waals surface area (Å²) in [6.07, 6.45) is -1.23. The fourth-order valence-electron chi connectivity index (χ4n) is 2.39. The number of amides is 1. The van der Waals surface area contributed by atoms with Gasteiger partial charge in [0.1, 0.15) is 0 Å². The number of rotatable bonds is 3. The van der Waals surface area contributed by atoms with Crippen molar-refractivity contribution in [3.8, 4) is 11.5 Å². The Morgan fingerprint density at radius 2 is 2.14 bits per heavy atom. The highest BCUT2D eigenvalue weighted by Gasteiger charge is 2.43. The van der Waals surface area contributed by atoms with Crippen molar-refractivity contribution in [3.05, 3.63) is 18.2 Å². The topological polar surface area (TPSA) is 59.6 Å². The lowest BCUT2D eigenvalue weighted by atomic mass is 10.1. The molecule has 1 amide bonds. The molecule has 8 heteroatoms. The molecule has 1 unspecified atom stereocenters. The van der Waals surface area contributed by atoms with E-state index >= 15 is 0 Å². The Kier molecular flexibility index (Phi) is 4.53. The minimum absolute atomic E-state index is 0. The van der Waals surface area contributed by atoms with Crippen molar-refractivity contribution in [2.24, 2.45) is 0 Å². The predicted molar refractivity (Wildman–Crippen MR) is 74.2 cm³/mol. The first-order valence-corrected chi connectivity index (χ1v) is 6.45. The largest absolute Gasteiger partial charge is 0.586 e. The Hall–Kier alpha value is -1.60. The molecule has 2 aliphatic heterocycles. The second-order valence-corrected chi connectivity index (χ2v) is 4.87. The molecule has 0 radical (unpaired) electrons. The van der Waals surface area contributed by atoms with Crippen molar-refractivity contribution >= 4 is 24.0 Å². The van der Waals surface area contributed by atoms with Gasteiger partial charge in [-0.15, -0.1) is 21.2 Å². The number of carbonyl (C=O) groups excluding carboxylic acids is 1. The molecule has 2 aliphatic rings. The van der Waals surface area contributed by atoms with E-state index in [0.717, 1.165) is 19.4 Å². The van der Waals surface area contributed by atoms with Crippen molar-refractivity contribution in [1.82, 2.24) is 5.32 Å². The number of halogens is 3. The molecule has 21 heavy (non-hydrogen) atoms. The number of hydrogen-bond donors (Lipinski definition) is 2. The SMILES string of the molecule is Cl.O=C(CC1CCCN1)Nc1ccc2c(c1)OC(F)(F)O2. The molecule has 1 fully saturated rings. The molecule has 0 aromatic heterocycles. The summed E-state index contributed by atoms with van der Waals surface area (Å²) in [6, 6.07) is 4.37. The highest BCUT2D eigenvalue weighted by molar-refractivity contribution is 5.91. The fraction of sp³-hybridized carbons (Fsp3) is 0.462. The maximum absolute atomic E-state index is 12.9. The van der Waals surface area contributed by atoms with Crippen LogP contribution in [-0.2, 0) is 4.79 Å². The number of ether oxygens (including phenoxy) is 2. The minimum Gasteiger partial charge on any atom is -0.395 e. The molecule has 1 atom stereocenters. The molecule has 0 spiro atoms. The number of nitrogens with one attached hydrogen (secondary N) is 2. The van der Waals surface area contributed by atoms with Crippen LogP contribution in [0, 0.1) is 0 Å². The zero-order valence-corrected chi connectivity index (χ0v) is 11.8. The molecule has 116 valence electrons. The van der Waals surface area contributed by atoms with Crippen LogP contribution in [0.3, 0.4) is 0 Å². The molecule has 0 saturated carbocycles. The first-order valence-electron chi connectivity index (χ1n) is 6.45. The Morgan fingerprint density at radius 1 is 1.38 bits per heavy atom. The van der Waals surface area contributed by atoms with Gasteiger partial charge in [-0.2, -0.15) is 0 Å². The van der Waals surface area contributed by atoms with Crippen LogP contribution >= 0.6 is 12.4 Å². The summed E-state index contributed by atoms with van der Waals surface area (Å²) in [4.78, 5) is 11.8. The molecule has 0 bridgehead atoms. The van der Waals surface area contributed by atoms with Crippen LogP contribution in [-0.4, -0.2) is 24.8 Å². The van der Waals surface area contributed by atoms with Gasteiger partial charge in [0.25, 0.3) is 0 Å². The third-order valence-electron chi connectivity index (χ3n) is 3.28. The molecule has 2 N–H and O–H groups in total. The summed E-state index contributed by atoms with van der Waals surface area (Å²) in [6.45, 7) is 0.928. The van der Waals surface area contributed by atoms with Gasteiger partial charge >= 0.3 is 6.29 Å². The summed E-state index contributed by atoms with van der Waals surface area (Å²) >= 11 is 0. The third-order valence-corrected chi connectivity index (χ3v) is 3.28. The number of hydrogen-bond acceptors (Lipinski definition) is 4. The summed E-state index contributed by atoms with van der Waals surface area (Å²) in [5.74, 6) is -0.271. The summed E-state index contributed by atoms with van der Waals surface area (Å²) in [7, 11) is 0. The zero-order valence-electron chi connectivity index (χ0n) is 11.0. The quantitative estimate of drug-likeness (QED) is 0.898. The lowest BCUT2D eigenvalue weighted by Crippen LogP contribution is -2.27. The summed E-state index contributed by atoms with van der Waals surface area (Å²) < 4.78 is 34.3. The van der Waals surface area contributed by atoms with Gasteiger partial charge in [0.2, 0.25) is 5.91 Å². The summed E-state index contributed by atoms with van der Waals surface area (Å²) in [5, 5.41) is 5.89. The van der Waals surface area contributed by atoms with Crippen molar-refractivity contribution in [1.29, 1.82) is 0 Å². The highest BCUT2D eigenvalue weighted by Crippen LogP contribution is 2.42. The number of alkyl halides is 2. The van der Waals surface area contributed by atoms with Crippen LogP contribution < -0.4 is 20.1 Å². The predicted octanol–water partition coefficient (Wildman–Crippen LogP) is 2.51. The van der Waals surface area contributed by atoms with Crippen molar-refractivity contribution < 1.29 is 23.0 Å². The summed E-state index contributed by atoms with van der Waals surface area (Å²) in [5.41, 5.74) is 0.410. The average molecular weight is 321 g/mol. The molecule has 1 saturated heterocycles. The van der Waals surface area contributed by atoms with Gasteiger partial charge < -0.3 is 20.1 Å². The van der Waals surface area contributed by atoms with E-state index in [-0.39, 0.29) is 35.9 Å². The van der Waals surface area contributed by atoms with E-state index in [0.29, 0.717) is 12.1 Å². The van der Waals surface area contributed by atoms with E-state index in [1.807, 2.05) is 0 Å². The molecule has 5 nitrogen and oxygen atoms in total. The van der Waals surface area contributed by atoms with Crippen LogP contribution in [0.15, 0.2) is 18.2 Å². The maximum atomic E-state index is 12.9. The Bertz CT molecular complexity index is 536. The molecule has 0 aliphatic carbocycles. The van der Waals surface area contributed by atoms with Crippen LogP contribution in [0.4, 0.5) is 14.5 Å². The first-order chi connectivity index (χ1) is 9.52. The Balaban J connectivity index is 0.00000161. The zero-order chi connectivity index (χ0) is 14.2. The van der Waals surface area contributed by atoms with Crippen LogP contribution in [0.1, 0.15) is 19.3 Å². The lowest BCUT2D eigenvalue weighted by Gasteiger charge is -2.10. The molecule has 3 rings (SSSR count). The molecule has 1 aromatic rings. The van der Waals surface area contributed by atoms with Gasteiger partial charge in [-0.1, -0.05) is 0 Å². The molecule has 2 heterocycles. The van der Waals surface area contributed by atoms with Crippen molar-refractivity contribution in [2.45, 2.75) is 31.6 Å². The van der Waals surface area contributed by atoms with Crippen molar-refractivity contribution in [3.63, 3.8) is 0 Å². The van der Waals surface area contributed by atoms with Gasteiger partial charge in [-0.3, -0.25) is 4.79 Å².